The smallest absolute Gasteiger partial charge is 0.309 e. The molecule has 0 bridgehead atoms. The Bertz CT molecular complexity index is 1890. The summed E-state index contributed by atoms with van der Waals surface area (Å²) in [7, 11) is 0. The molecule has 9 atom stereocenters. The van der Waals surface area contributed by atoms with Gasteiger partial charge in [0.15, 0.2) is 17.4 Å². The monoisotopic (exact) mass is 807 g/mol. The van der Waals surface area contributed by atoms with Crippen LogP contribution in [0.5, 0.6) is 0 Å². The number of allylic oxidation sites excluding steroid dienone is 1. The third-order valence-electron chi connectivity index (χ3n) is 16.0. The molecule has 2 aromatic heterocycles. The van der Waals surface area contributed by atoms with Crippen LogP contribution >= 0.6 is 11.6 Å². The lowest BCUT2D eigenvalue weighted by Gasteiger charge is -2.69. The van der Waals surface area contributed by atoms with Crippen LogP contribution in [0.3, 0.4) is 0 Å². The zero-order chi connectivity index (χ0) is 41.9. The second-order valence-corrected chi connectivity index (χ2v) is 20.1. The minimum Gasteiger partial charge on any atom is -0.481 e. The SMILES string of the molecule is CC[C@H](CC[C@@]1(C)[C@H](C)CC[C@]2(C)[C@@H]1CC[C@@H]1C3=C(C(C)C)C(=O)C[C@]3([C@H](O)c3nnc(-c4ccc(Cl)cn4)n3CCN)CC[C@]12C)OC(=O)CC(C)(C)C(=O)O. The molecule has 57 heavy (non-hydrogen) atoms. The molecule has 4 aliphatic rings. The van der Waals surface area contributed by atoms with Gasteiger partial charge < -0.3 is 25.3 Å². The van der Waals surface area contributed by atoms with Crippen LogP contribution in [0, 0.1) is 50.7 Å². The van der Waals surface area contributed by atoms with E-state index in [0.29, 0.717) is 60.1 Å². The molecule has 3 fully saturated rings. The number of hydrogen-bond donors (Lipinski definition) is 3. The van der Waals surface area contributed by atoms with E-state index in [-0.39, 0.29) is 52.8 Å². The van der Waals surface area contributed by atoms with Gasteiger partial charge in [-0.25, -0.2) is 0 Å². The van der Waals surface area contributed by atoms with Crippen LogP contribution in [0.15, 0.2) is 29.5 Å². The minimum absolute atomic E-state index is 0.0107. The van der Waals surface area contributed by atoms with Crippen molar-refractivity contribution >= 4 is 29.3 Å². The molecule has 2 heterocycles. The van der Waals surface area contributed by atoms with E-state index >= 15 is 0 Å². The van der Waals surface area contributed by atoms with Crippen molar-refractivity contribution in [1.29, 1.82) is 0 Å². The van der Waals surface area contributed by atoms with Gasteiger partial charge in [-0.15, -0.1) is 10.2 Å². The highest BCUT2D eigenvalue weighted by Crippen LogP contribution is 2.76. The van der Waals surface area contributed by atoms with E-state index in [1.807, 2.05) is 11.5 Å². The molecule has 0 saturated heterocycles. The molecule has 4 aliphatic carbocycles. The van der Waals surface area contributed by atoms with Crippen molar-refractivity contribution in [2.45, 2.75) is 152 Å². The van der Waals surface area contributed by atoms with Crippen molar-refractivity contribution in [3.63, 3.8) is 0 Å². The number of rotatable bonds is 14. The fraction of sp³-hybridized carbons (Fsp3) is 0.733. The number of carbonyl (C=O) groups is 3. The lowest BCUT2D eigenvalue weighted by atomic mass is 9.35. The van der Waals surface area contributed by atoms with Crippen LogP contribution in [0.1, 0.15) is 145 Å². The van der Waals surface area contributed by atoms with Crippen LogP contribution < -0.4 is 5.73 Å². The number of nitrogens with two attached hydrogens (primary N) is 1. The summed E-state index contributed by atoms with van der Waals surface area (Å²) >= 11 is 6.15. The fourth-order valence-corrected chi connectivity index (χ4v) is 12.4. The molecule has 12 heteroatoms. The number of hydrogen-bond acceptors (Lipinski definition) is 9. The van der Waals surface area contributed by atoms with Crippen molar-refractivity contribution in [1.82, 2.24) is 19.7 Å². The molecule has 0 radical (unpaired) electrons. The number of fused-ring (bicyclic) bond motifs is 5. The van der Waals surface area contributed by atoms with E-state index in [1.54, 1.807) is 32.2 Å². The number of ketones is 1. The summed E-state index contributed by atoms with van der Waals surface area (Å²) in [6, 6.07) is 3.54. The first kappa shape index (κ1) is 43.4. The third-order valence-corrected chi connectivity index (χ3v) is 16.2. The highest BCUT2D eigenvalue weighted by molar-refractivity contribution is 6.30. The largest absolute Gasteiger partial charge is 0.481 e. The maximum atomic E-state index is 14.3. The summed E-state index contributed by atoms with van der Waals surface area (Å²) in [5.74, 6) is 0.603. The molecular weight excluding hydrogens is 742 g/mol. The Morgan fingerprint density at radius 2 is 1.81 bits per heavy atom. The lowest BCUT2D eigenvalue weighted by Crippen LogP contribution is -2.62. The topological polar surface area (TPSA) is 171 Å². The van der Waals surface area contributed by atoms with Gasteiger partial charge in [0, 0.05) is 31.1 Å². The first-order valence-corrected chi connectivity index (χ1v) is 21.7. The molecule has 2 aromatic rings. The van der Waals surface area contributed by atoms with Gasteiger partial charge >= 0.3 is 11.9 Å². The number of ether oxygens (including phenoxy) is 1. The summed E-state index contributed by atoms with van der Waals surface area (Å²) < 4.78 is 7.82. The standard InChI is InChI=1S/C45H66ClN5O6/c1-10-29(57-34(53)24-41(5,6)40(55)56)16-17-42(7)27(4)15-18-44(9)33(42)14-12-30-36-35(26(2)3)32(52)23-45(36,20-19-43(30,44)8)37(54)39-50-49-38(51(39)22-21-47)31-13-11-28(46)25-48-31/h11,13,25-27,29-30,33,37,54H,10,12,14-24,47H2,1-9H3,(H,55,56)/t27-,29-,30-,33-,37-,42+,43-,44-,45-/m1/s1. The zero-order valence-corrected chi connectivity index (χ0v) is 36.4. The van der Waals surface area contributed by atoms with Gasteiger partial charge in [-0.05, 0) is 135 Å². The van der Waals surface area contributed by atoms with E-state index in [2.05, 4.69) is 56.7 Å². The first-order valence-electron chi connectivity index (χ1n) is 21.3. The van der Waals surface area contributed by atoms with E-state index in [9.17, 15) is 24.6 Å². The Labute approximate surface area is 344 Å². The molecule has 3 saturated carbocycles. The number of nitrogens with zero attached hydrogens (tertiary/aromatic N) is 4. The lowest BCUT2D eigenvalue weighted by molar-refractivity contribution is -0.192. The predicted octanol–water partition coefficient (Wildman–Crippen LogP) is 8.77. The predicted molar refractivity (Wildman–Crippen MR) is 220 cm³/mol. The molecule has 6 rings (SSSR count). The van der Waals surface area contributed by atoms with Gasteiger partial charge in [-0.3, -0.25) is 19.4 Å². The van der Waals surface area contributed by atoms with E-state index in [0.717, 1.165) is 56.1 Å². The fourth-order valence-electron chi connectivity index (χ4n) is 12.3. The van der Waals surface area contributed by atoms with E-state index in [1.165, 1.54) is 0 Å². The van der Waals surface area contributed by atoms with Gasteiger partial charge in [0.2, 0.25) is 0 Å². The molecule has 4 N–H and O–H groups in total. The molecule has 0 aromatic carbocycles. The number of carboxylic acid groups (broad SMARTS) is 1. The second-order valence-electron chi connectivity index (χ2n) is 19.7. The van der Waals surface area contributed by atoms with Gasteiger partial charge in [0.1, 0.15) is 17.9 Å². The number of aromatic nitrogens is 4. The average Bonchev–Trinajstić information content (AvgIpc) is 3.70. The quantitative estimate of drug-likeness (QED) is 0.157. The Balaban J connectivity index is 1.33. The summed E-state index contributed by atoms with van der Waals surface area (Å²) in [5, 5.41) is 32.0. The Morgan fingerprint density at radius 3 is 2.42 bits per heavy atom. The number of aliphatic hydroxyl groups is 1. The second kappa shape index (κ2) is 15.8. The Morgan fingerprint density at radius 1 is 1.09 bits per heavy atom. The summed E-state index contributed by atoms with van der Waals surface area (Å²) in [6.07, 6.45) is 8.28. The van der Waals surface area contributed by atoms with Crippen molar-refractivity contribution in [2.75, 3.05) is 6.54 Å². The van der Waals surface area contributed by atoms with Crippen molar-refractivity contribution in [2.24, 2.45) is 56.5 Å². The third kappa shape index (κ3) is 7.19. The number of pyridine rings is 1. The number of aliphatic carboxylic acids is 1. The number of halogens is 1. The minimum atomic E-state index is -1.18. The van der Waals surface area contributed by atoms with Crippen LogP contribution in [0.25, 0.3) is 11.5 Å². The number of Topliss-reactive ketones (excluding diaryl/α,β-unsaturated/α-hetero) is 1. The molecule has 0 aliphatic heterocycles. The maximum absolute atomic E-state index is 14.3. The zero-order valence-electron chi connectivity index (χ0n) is 35.7. The van der Waals surface area contributed by atoms with Crippen molar-refractivity contribution < 1.29 is 29.3 Å². The first-order chi connectivity index (χ1) is 26.7. The van der Waals surface area contributed by atoms with Crippen molar-refractivity contribution in [3.05, 3.63) is 40.3 Å². The van der Waals surface area contributed by atoms with Gasteiger partial charge in [-0.1, -0.05) is 60.1 Å². The summed E-state index contributed by atoms with van der Waals surface area (Å²) in [4.78, 5) is 43.4. The average molecular weight is 809 g/mol. The van der Waals surface area contributed by atoms with E-state index < -0.39 is 28.9 Å². The van der Waals surface area contributed by atoms with Gasteiger partial charge in [0.05, 0.1) is 16.9 Å². The van der Waals surface area contributed by atoms with Crippen LogP contribution in [-0.4, -0.2) is 60.3 Å². The maximum Gasteiger partial charge on any atom is 0.309 e. The number of carbonyl (C=O) groups excluding carboxylic acids is 2. The Kier molecular flexibility index (Phi) is 12.0. The van der Waals surface area contributed by atoms with E-state index in [4.69, 9.17) is 22.1 Å². The molecule has 11 nitrogen and oxygen atoms in total. The number of carboxylic acids is 1. The molecule has 314 valence electrons. The molecular formula is C45H66ClN5O6. The van der Waals surface area contributed by atoms with Crippen molar-refractivity contribution in [3.8, 4) is 11.5 Å². The number of esters is 1. The molecule has 0 spiro atoms. The van der Waals surface area contributed by atoms with Crippen LogP contribution in [0.4, 0.5) is 0 Å². The highest BCUT2D eigenvalue weighted by Gasteiger charge is 2.69. The molecule has 0 amide bonds. The molecule has 0 unspecified atom stereocenters. The highest BCUT2D eigenvalue weighted by atomic mass is 35.5. The van der Waals surface area contributed by atoms with Crippen LogP contribution in [0.2, 0.25) is 5.02 Å². The van der Waals surface area contributed by atoms with Gasteiger partial charge in [-0.2, -0.15) is 0 Å². The van der Waals surface area contributed by atoms with Gasteiger partial charge in [0.25, 0.3) is 0 Å². The normalized spacial score (nSPS) is 32.4. The number of aliphatic hydroxyl groups excluding tert-OH is 1. The Hall–Kier alpha value is -3.15. The van der Waals surface area contributed by atoms with Crippen LogP contribution in [-0.2, 0) is 25.7 Å². The summed E-state index contributed by atoms with van der Waals surface area (Å²) in [6.45, 7) is 19.9. The summed E-state index contributed by atoms with van der Waals surface area (Å²) in [5.41, 5.74) is 6.61.